The first-order valence-corrected chi connectivity index (χ1v) is 6.09. The van der Waals surface area contributed by atoms with Gasteiger partial charge in [-0.1, -0.05) is 6.92 Å². The number of hydrogen-bond donors (Lipinski definition) is 0. The summed E-state index contributed by atoms with van der Waals surface area (Å²) in [7, 11) is 1.75. The lowest BCUT2D eigenvalue weighted by atomic mass is 10.0. The molecule has 0 fully saturated rings. The number of halogens is 1. The first-order chi connectivity index (χ1) is 8.15. The summed E-state index contributed by atoms with van der Waals surface area (Å²) in [4.78, 5) is 16.4. The van der Waals surface area contributed by atoms with Crippen molar-refractivity contribution in [2.45, 2.75) is 13.3 Å². The Morgan fingerprint density at radius 3 is 2.82 bits per heavy atom. The quantitative estimate of drug-likeness (QED) is 0.817. The average Bonchev–Trinajstić information content (AvgIpc) is 2.68. The van der Waals surface area contributed by atoms with Crippen molar-refractivity contribution in [1.82, 2.24) is 14.8 Å². The number of aryl methyl sites for hydroxylation is 2. The highest BCUT2D eigenvalue weighted by atomic mass is 79.9. The van der Waals surface area contributed by atoms with Crippen LogP contribution in [-0.4, -0.2) is 20.5 Å². The third-order valence-electron chi connectivity index (χ3n) is 2.64. The van der Waals surface area contributed by atoms with Gasteiger partial charge in [0, 0.05) is 25.0 Å². The fourth-order valence-corrected chi connectivity index (χ4v) is 2.25. The van der Waals surface area contributed by atoms with Crippen molar-refractivity contribution < 1.29 is 4.79 Å². The fraction of sp³-hybridized carbons (Fsp3) is 0.250. The maximum absolute atomic E-state index is 12.4. The first kappa shape index (κ1) is 12.0. The van der Waals surface area contributed by atoms with Gasteiger partial charge in [-0.05, 0) is 34.0 Å². The van der Waals surface area contributed by atoms with E-state index in [1.165, 1.54) is 0 Å². The van der Waals surface area contributed by atoms with Gasteiger partial charge < -0.3 is 0 Å². The summed E-state index contributed by atoms with van der Waals surface area (Å²) in [5.41, 5.74) is 2.20. The molecule has 0 saturated carbocycles. The Kier molecular flexibility index (Phi) is 3.38. The van der Waals surface area contributed by atoms with Crippen LogP contribution in [0.5, 0.6) is 0 Å². The van der Waals surface area contributed by atoms with E-state index in [0.29, 0.717) is 15.7 Å². The predicted octanol–water partition coefficient (Wildman–Crippen LogP) is 2.37. The molecule has 4 nitrogen and oxygen atoms in total. The molecule has 2 aromatic heterocycles. The van der Waals surface area contributed by atoms with E-state index in [1.807, 2.05) is 6.92 Å². The van der Waals surface area contributed by atoms with Crippen molar-refractivity contribution in [1.29, 1.82) is 0 Å². The molecule has 2 aromatic rings. The van der Waals surface area contributed by atoms with Crippen molar-refractivity contribution in [2.75, 3.05) is 0 Å². The molecule has 0 amide bonds. The topological polar surface area (TPSA) is 47.8 Å². The van der Waals surface area contributed by atoms with Gasteiger partial charge >= 0.3 is 0 Å². The monoisotopic (exact) mass is 293 g/mol. The first-order valence-electron chi connectivity index (χ1n) is 5.30. The molecule has 0 aliphatic heterocycles. The van der Waals surface area contributed by atoms with Gasteiger partial charge in [-0.25, -0.2) is 0 Å². The van der Waals surface area contributed by atoms with Gasteiger partial charge in [0.25, 0.3) is 0 Å². The molecule has 0 spiro atoms. The Morgan fingerprint density at radius 2 is 2.24 bits per heavy atom. The lowest BCUT2D eigenvalue weighted by molar-refractivity contribution is 0.102. The SMILES string of the molecule is CCc1cnccc1C(=O)c1c(Br)cnn1C. The molecule has 5 heteroatoms. The minimum absolute atomic E-state index is 0.0314. The molecule has 88 valence electrons. The summed E-state index contributed by atoms with van der Waals surface area (Å²) < 4.78 is 2.29. The largest absolute Gasteiger partial charge is 0.287 e. The second kappa shape index (κ2) is 4.79. The highest BCUT2D eigenvalue weighted by Crippen LogP contribution is 2.20. The third-order valence-corrected chi connectivity index (χ3v) is 3.22. The molecule has 0 radical (unpaired) electrons. The average molecular weight is 294 g/mol. The van der Waals surface area contributed by atoms with Crippen molar-refractivity contribution in [3.63, 3.8) is 0 Å². The van der Waals surface area contributed by atoms with Crippen molar-refractivity contribution in [3.8, 4) is 0 Å². The summed E-state index contributed by atoms with van der Waals surface area (Å²) in [5.74, 6) is -0.0314. The van der Waals surface area contributed by atoms with Crippen molar-refractivity contribution in [2.24, 2.45) is 7.05 Å². The number of aromatic nitrogens is 3. The summed E-state index contributed by atoms with van der Waals surface area (Å²) in [6, 6.07) is 1.75. The maximum Gasteiger partial charge on any atom is 0.212 e. The molecule has 0 saturated heterocycles. The Balaban J connectivity index is 2.51. The van der Waals surface area contributed by atoms with E-state index in [0.717, 1.165) is 12.0 Å². The highest BCUT2D eigenvalue weighted by Gasteiger charge is 2.19. The van der Waals surface area contributed by atoms with E-state index in [4.69, 9.17) is 0 Å². The minimum Gasteiger partial charge on any atom is -0.287 e. The zero-order chi connectivity index (χ0) is 12.4. The number of carbonyl (C=O) groups excluding carboxylic acids is 1. The number of pyridine rings is 1. The van der Waals surface area contributed by atoms with Crippen LogP contribution in [-0.2, 0) is 13.5 Å². The summed E-state index contributed by atoms with van der Waals surface area (Å²) >= 11 is 3.34. The number of nitrogens with zero attached hydrogens (tertiary/aromatic N) is 3. The number of carbonyl (C=O) groups is 1. The van der Waals surface area contributed by atoms with Crippen molar-refractivity contribution >= 4 is 21.7 Å². The summed E-state index contributed by atoms with van der Waals surface area (Å²) in [5, 5.41) is 4.05. The molecule has 0 atom stereocenters. The molecule has 0 aliphatic carbocycles. The van der Waals surface area contributed by atoms with Crippen LogP contribution >= 0.6 is 15.9 Å². The minimum atomic E-state index is -0.0314. The zero-order valence-corrected chi connectivity index (χ0v) is 11.2. The van der Waals surface area contributed by atoms with Gasteiger partial charge in [0.05, 0.1) is 10.7 Å². The second-order valence-corrected chi connectivity index (χ2v) is 4.53. The third kappa shape index (κ3) is 2.15. The van der Waals surface area contributed by atoms with Crippen LogP contribution in [0.25, 0.3) is 0 Å². The van der Waals surface area contributed by atoms with E-state index < -0.39 is 0 Å². The fourth-order valence-electron chi connectivity index (χ4n) is 1.72. The zero-order valence-electron chi connectivity index (χ0n) is 9.64. The van der Waals surface area contributed by atoms with Gasteiger partial charge in [0.15, 0.2) is 0 Å². The normalized spacial score (nSPS) is 10.5. The van der Waals surface area contributed by atoms with Crippen LogP contribution in [0.3, 0.4) is 0 Å². The molecule has 2 rings (SSSR count). The smallest absolute Gasteiger partial charge is 0.212 e. The number of rotatable bonds is 3. The van der Waals surface area contributed by atoms with Crippen LogP contribution in [0.4, 0.5) is 0 Å². The molecule has 0 aliphatic rings. The Hall–Kier alpha value is -1.49. The van der Waals surface area contributed by atoms with Crippen molar-refractivity contribution in [3.05, 3.63) is 46.0 Å². The maximum atomic E-state index is 12.4. The van der Waals surface area contributed by atoms with Gasteiger partial charge in [-0.15, -0.1) is 0 Å². The van der Waals surface area contributed by atoms with Gasteiger partial charge in [-0.3, -0.25) is 14.5 Å². The van der Waals surface area contributed by atoms with E-state index in [2.05, 4.69) is 26.0 Å². The molecular weight excluding hydrogens is 282 g/mol. The van der Waals surface area contributed by atoms with E-state index in [-0.39, 0.29) is 5.78 Å². The van der Waals surface area contributed by atoms with E-state index >= 15 is 0 Å². The molecule has 2 heterocycles. The molecular formula is C12H12BrN3O. The van der Waals surface area contributed by atoms with Crippen LogP contribution < -0.4 is 0 Å². The van der Waals surface area contributed by atoms with Crippen LogP contribution in [0, 0.1) is 0 Å². The lowest BCUT2D eigenvalue weighted by Crippen LogP contribution is -2.11. The summed E-state index contributed by atoms with van der Waals surface area (Å²) in [6.45, 7) is 2.01. The van der Waals surface area contributed by atoms with Crippen LogP contribution in [0.15, 0.2) is 29.1 Å². The van der Waals surface area contributed by atoms with E-state index in [9.17, 15) is 4.79 Å². The Labute approximate surface area is 108 Å². The van der Waals surface area contributed by atoms with Gasteiger partial charge in [0.2, 0.25) is 5.78 Å². The van der Waals surface area contributed by atoms with Gasteiger partial charge in [-0.2, -0.15) is 5.10 Å². The number of hydrogen-bond acceptors (Lipinski definition) is 3. The molecule has 0 N–H and O–H groups in total. The number of ketones is 1. The molecule has 17 heavy (non-hydrogen) atoms. The van der Waals surface area contributed by atoms with Crippen LogP contribution in [0.1, 0.15) is 28.5 Å². The standard InChI is InChI=1S/C12H12BrN3O/c1-3-8-6-14-5-4-9(8)12(17)11-10(13)7-15-16(11)2/h4-7H,3H2,1-2H3. The lowest BCUT2D eigenvalue weighted by Gasteiger charge is -2.06. The van der Waals surface area contributed by atoms with Gasteiger partial charge in [0.1, 0.15) is 5.69 Å². The molecule has 0 bridgehead atoms. The van der Waals surface area contributed by atoms with Crippen LogP contribution in [0.2, 0.25) is 0 Å². The Bertz CT molecular complexity index is 543. The summed E-state index contributed by atoms with van der Waals surface area (Å²) in [6.07, 6.45) is 5.78. The van der Waals surface area contributed by atoms with E-state index in [1.54, 1.807) is 36.4 Å². The predicted molar refractivity (Wildman–Crippen MR) is 68.0 cm³/mol. The molecule has 0 unspecified atom stereocenters. The Morgan fingerprint density at radius 1 is 1.47 bits per heavy atom. The highest BCUT2D eigenvalue weighted by molar-refractivity contribution is 9.10. The molecule has 0 aromatic carbocycles. The second-order valence-electron chi connectivity index (χ2n) is 3.68.